The number of carboxylic acid groups (broad SMARTS) is 1. The summed E-state index contributed by atoms with van der Waals surface area (Å²) in [6, 6.07) is 6.15. The fourth-order valence-electron chi connectivity index (χ4n) is 1.27. The van der Waals surface area contributed by atoms with E-state index in [1.165, 1.54) is 17.1 Å². The second kappa shape index (κ2) is 5.62. The zero-order valence-corrected chi connectivity index (χ0v) is 11.3. The number of benzene rings is 1. The highest BCUT2D eigenvalue weighted by Gasteiger charge is 2.09. The molecule has 1 aromatic rings. The van der Waals surface area contributed by atoms with Crippen LogP contribution in [0.1, 0.15) is 31.1 Å². The molecule has 6 N–H and O–H groups in total. The molecular formula is C13H20N4O2. The van der Waals surface area contributed by atoms with Crippen molar-refractivity contribution in [1.29, 1.82) is 0 Å². The predicted octanol–water partition coefficient (Wildman–Crippen LogP) is 1.21. The maximum absolute atomic E-state index is 10.7. The number of hydrazine groups is 1. The third kappa shape index (κ3) is 4.51. The molecule has 6 heteroatoms. The Morgan fingerprint density at radius 1 is 1.32 bits per heavy atom. The lowest BCUT2D eigenvalue weighted by Gasteiger charge is -2.23. The molecule has 0 heterocycles. The summed E-state index contributed by atoms with van der Waals surface area (Å²) in [5, 5.41) is 13.2. The van der Waals surface area contributed by atoms with Crippen molar-refractivity contribution in [3.63, 3.8) is 0 Å². The quantitative estimate of drug-likeness (QED) is 0.481. The van der Waals surface area contributed by atoms with Crippen molar-refractivity contribution in [3.05, 3.63) is 41.8 Å². The van der Waals surface area contributed by atoms with Crippen LogP contribution in [0, 0.1) is 0 Å². The third-order valence-corrected chi connectivity index (χ3v) is 2.32. The van der Waals surface area contributed by atoms with Crippen LogP contribution in [0.25, 0.3) is 0 Å². The minimum atomic E-state index is -0.979. The number of hydrogen-bond donors (Lipinski definition) is 4. The smallest absolute Gasteiger partial charge is 0.335 e. The van der Waals surface area contributed by atoms with E-state index in [0.29, 0.717) is 11.5 Å². The van der Waals surface area contributed by atoms with Crippen molar-refractivity contribution in [1.82, 2.24) is 5.32 Å². The Morgan fingerprint density at radius 3 is 2.26 bits per heavy atom. The lowest BCUT2D eigenvalue weighted by molar-refractivity contribution is 0.0697. The first kappa shape index (κ1) is 14.8. The molecule has 0 aliphatic heterocycles. The Labute approximate surface area is 112 Å². The van der Waals surface area contributed by atoms with E-state index < -0.39 is 5.97 Å². The third-order valence-electron chi connectivity index (χ3n) is 2.32. The second-order valence-electron chi connectivity index (χ2n) is 5.19. The van der Waals surface area contributed by atoms with E-state index in [4.69, 9.17) is 16.7 Å². The van der Waals surface area contributed by atoms with E-state index >= 15 is 0 Å². The van der Waals surface area contributed by atoms with Gasteiger partial charge in [0.05, 0.1) is 11.3 Å². The highest BCUT2D eigenvalue weighted by Crippen LogP contribution is 2.14. The second-order valence-corrected chi connectivity index (χ2v) is 5.19. The number of anilines is 1. The van der Waals surface area contributed by atoms with Gasteiger partial charge in [0.1, 0.15) is 5.82 Å². The lowest BCUT2D eigenvalue weighted by Crippen LogP contribution is -2.38. The van der Waals surface area contributed by atoms with Gasteiger partial charge in [-0.2, -0.15) is 0 Å². The molecule has 0 aromatic heterocycles. The van der Waals surface area contributed by atoms with E-state index in [2.05, 4.69) is 5.32 Å². The van der Waals surface area contributed by atoms with Crippen molar-refractivity contribution in [2.75, 3.05) is 5.01 Å². The van der Waals surface area contributed by atoms with Crippen LogP contribution in [0.15, 0.2) is 36.3 Å². The first-order valence-corrected chi connectivity index (χ1v) is 5.82. The van der Waals surface area contributed by atoms with Crippen LogP contribution >= 0.6 is 0 Å². The molecule has 0 unspecified atom stereocenters. The normalized spacial score (nSPS) is 12.1. The molecule has 0 atom stereocenters. The molecule has 19 heavy (non-hydrogen) atoms. The molecule has 1 rings (SSSR count). The number of hydrogen-bond acceptors (Lipinski definition) is 5. The minimum absolute atomic E-state index is 0.112. The number of aromatic carboxylic acids is 1. The van der Waals surface area contributed by atoms with Gasteiger partial charge in [-0.15, -0.1) is 0 Å². The standard InChI is InChI=1S/C13H20N4O2/c1-13(2,3)16-8-11(14)17(15)10-6-4-9(5-7-10)12(18)19/h4-8,16H,14-15H2,1-3H3,(H,18,19)/b11-8-. The number of rotatable bonds is 4. The zero-order chi connectivity index (χ0) is 14.6. The van der Waals surface area contributed by atoms with Gasteiger partial charge in [-0.1, -0.05) is 0 Å². The molecule has 0 saturated carbocycles. The summed E-state index contributed by atoms with van der Waals surface area (Å²) >= 11 is 0. The maximum atomic E-state index is 10.7. The molecule has 104 valence electrons. The summed E-state index contributed by atoms with van der Waals surface area (Å²) in [5.74, 6) is 5.20. The Hall–Kier alpha value is -2.21. The molecular weight excluding hydrogens is 244 g/mol. The number of carboxylic acids is 1. The van der Waals surface area contributed by atoms with Gasteiger partial charge in [0, 0.05) is 11.7 Å². The molecule has 0 aliphatic rings. The largest absolute Gasteiger partial charge is 0.478 e. The van der Waals surface area contributed by atoms with Crippen LogP contribution in [0.4, 0.5) is 5.69 Å². The number of nitrogens with one attached hydrogen (secondary N) is 1. The van der Waals surface area contributed by atoms with Gasteiger partial charge < -0.3 is 16.2 Å². The van der Waals surface area contributed by atoms with Crippen molar-refractivity contribution >= 4 is 11.7 Å². The van der Waals surface area contributed by atoms with Crippen LogP contribution in [0.5, 0.6) is 0 Å². The minimum Gasteiger partial charge on any atom is -0.478 e. The van der Waals surface area contributed by atoms with Crippen molar-refractivity contribution in [2.45, 2.75) is 26.3 Å². The van der Waals surface area contributed by atoms with Crippen LogP contribution in [-0.4, -0.2) is 16.6 Å². The summed E-state index contributed by atoms with van der Waals surface area (Å²) in [7, 11) is 0. The summed E-state index contributed by atoms with van der Waals surface area (Å²) in [6.07, 6.45) is 1.62. The summed E-state index contributed by atoms with van der Waals surface area (Å²) in [5.41, 5.74) is 6.53. The summed E-state index contributed by atoms with van der Waals surface area (Å²) < 4.78 is 0. The van der Waals surface area contributed by atoms with E-state index in [1.807, 2.05) is 20.8 Å². The van der Waals surface area contributed by atoms with Gasteiger partial charge in [-0.05, 0) is 45.0 Å². The molecule has 0 bridgehead atoms. The SMILES string of the molecule is CC(C)(C)N/C=C(/N)N(N)c1ccc(C(=O)O)cc1. The lowest BCUT2D eigenvalue weighted by atomic mass is 10.1. The number of carbonyl (C=O) groups is 1. The Balaban J connectivity index is 2.82. The highest BCUT2D eigenvalue weighted by atomic mass is 16.4. The summed E-state index contributed by atoms with van der Waals surface area (Å²) in [6.45, 7) is 6.00. The van der Waals surface area contributed by atoms with Crippen molar-refractivity contribution in [3.8, 4) is 0 Å². The molecule has 0 spiro atoms. The number of nitrogens with two attached hydrogens (primary N) is 2. The topological polar surface area (TPSA) is 105 Å². The van der Waals surface area contributed by atoms with E-state index in [-0.39, 0.29) is 11.1 Å². The highest BCUT2D eigenvalue weighted by molar-refractivity contribution is 5.88. The molecule has 1 aromatic carbocycles. The van der Waals surface area contributed by atoms with Crippen LogP contribution < -0.4 is 21.9 Å². The van der Waals surface area contributed by atoms with Crippen LogP contribution in [0.3, 0.4) is 0 Å². The van der Waals surface area contributed by atoms with Gasteiger partial charge in [-0.3, -0.25) is 5.01 Å². The molecule has 0 radical (unpaired) electrons. The first-order valence-electron chi connectivity index (χ1n) is 5.82. The van der Waals surface area contributed by atoms with Gasteiger partial charge in [0.25, 0.3) is 0 Å². The van der Waals surface area contributed by atoms with E-state index in [0.717, 1.165) is 0 Å². The molecule has 0 fully saturated rings. The Kier molecular flexibility index (Phi) is 4.39. The Bertz CT molecular complexity index is 474. The summed E-state index contributed by atoms with van der Waals surface area (Å²) in [4.78, 5) is 10.7. The molecule has 0 amide bonds. The van der Waals surface area contributed by atoms with Gasteiger partial charge in [-0.25, -0.2) is 10.6 Å². The molecule has 0 saturated heterocycles. The van der Waals surface area contributed by atoms with E-state index in [1.54, 1.807) is 18.3 Å². The predicted molar refractivity (Wildman–Crippen MR) is 75.2 cm³/mol. The monoisotopic (exact) mass is 264 g/mol. The average Bonchev–Trinajstić information content (AvgIpc) is 2.34. The van der Waals surface area contributed by atoms with Crippen molar-refractivity contribution < 1.29 is 9.90 Å². The van der Waals surface area contributed by atoms with Crippen LogP contribution in [-0.2, 0) is 0 Å². The van der Waals surface area contributed by atoms with Crippen molar-refractivity contribution in [2.24, 2.45) is 11.6 Å². The maximum Gasteiger partial charge on any atom is 0.335 e. The molecule has 6 nitrogen and oxygen atoms in total. The first-order chi connectivity index (χ1) is 8.70. The van der Waals surface area contributed by atoms with Gasteiger partial charge in [0.15, 0.2) is 0 Å². The zero-order valence-electron chi connectivity index (χ0n) is 11.3. The van der Waals surface area contributed by atoms with E-state index in [9.17, 15) is 4.79 Å². The molecule has 0 aliphatic carbocycles. The number of nitrogens with zero attached hydrogens (tertiary/aromatic N) is 1. The Morgan fingerprint density at radius 2 is 1.84 bits per heavy atom. The fourth-order valence-corrected chi connectivity index (χ4v) is 1.27. The fraction of sp³-hybridized carbons (Fsp3) is 0.308. The van der Waals surface area contributed by atoms with Crippen LogP contribution in [0.2, 0.25) is 0 Å². The average molecular weight is 264 g/mol. The van der Waals surface area contributed by atoms with Gasteiger partial charge >= 0.3 is 5.97 Å². The van der Waals surface area contributed by atoms with Gasteiger partial charge in [0.2, 0.25) is 0 Å².